The summed E-state index contributed by atoms with van der Waals surface area (Å²) in [7, 11) is 1.51. The van der Waals surface area contributed by atoms with E-state index in [9.17, 15) is 14.3 Å². The molecule has 0 spiro atoms. The van der Waals surface area contributed by atoms with Gasteiger partial charge < -0.3 is 29.8 Å². The van der Waals surface area contributed by atoms with Gasteiger partial charge in [-0.3, -0.25) is 4.79 Å². The average molecular weight is 530 g/mol. The number of rotatable bonds is 9. The number of aromatic nitrogens is 3. The summed E-state index contributed by atoms with van der Waals surface area (Å²) in [6.45, 7) is 0.339. The lowest BCUT2D eigenvalue weighted by molar-refractivity contribution is -0.121. The van der Waals surface area contributed by atoms with Crippen LogP contribution in [0.4, 0.5) is 15.9 Å². The van der Waals surface area contributed by atoms with Gasteiger partial charge in [0.25, 0.3) is 0 Å². The second-order valence-electron chi connectivity index (χ2n) is 7.52. The van der Waals surface area contributed by atoms with E-state index in [1.165, 1.54) is 36.2 Å². The fourth-order valence-corrected chi connectivity index (χ4v) is 3.73. The average Bonchev–Trinajstić information content (AvgIpc) is 2.86. The molecule has 3 N–H and O–H groups in total. The van der Waals surface area contributed by atoms with E-state index in [1.807, 2.05) is 0 Å². The van der Waals surface area contributed by atoms with Gasteiger partial charge in [-0.05, 0) is 36.4 Å². The first-order valence-electron chi connectivity index (χ1n) is 10.7. The molecule has 4 rings (SSSR count). The molecule has 1 amide bonds. The van der Waals surface area contributed by atoms with Crippen LogP contribution in [0.2, 0.25) is 5.02 Å². The monoisotopic (exact) mass is 529 g/mol. The first-order valence-corrected chi connectivity index (χ1v) is 11.5. The van der Waals surface area contributed by atoms with E-state index in [0.717, 1.165) is 0 Å². The fourth-order valence-electron chi connectivity index (χ4n) is 3.36. The first-order chi connectivity index (χ1) is 17.4. The molecular weight excluding hydrogens is 509 g/mol. The number of carbonyl (C=O) groups is 1. The molecule has 0 radical (unpaired) electrons. The molecule has 4 aromatic rings. The van der Waals surface area contributed by atoms with E-state index < -0.39 is 5.82 Å². The maximum Gasteiger partial charge on any atom is 0.240 e. The molecule has 0 fully saturated rings. The van der Waals surface area contributed by atoms with Crippen LogP contribution in [-0.4, -0.2) is 45.8 Å². The number of hydrogen-bond donors (Lipinski definition) is 3. The molecule has 0 saturated carbocycles. The third-order valence-corrected chi connectivity index (χ3v) is 5.83. The number of pyridine rings is 1. The topological polar surface area (TPSA) is 111 Å². The predicted molar refractivity (Wildman–Crippen MR) is 136 cm³/mol. The molecule has 36 heavy (non-hydrogen) atoms. The van der Waals surface area contributed by atoms with Crippen molar-refractivity contribution in [1.82, 2.24) is 19.9 Å². The summed E-state index contributed by atoms with van der Waals surface area (Å²) in [5.41, 5.74) is 1.15. The van der Waals surface area contributed by atoms with Crippen molar-refractivity contribution in [1.29, 1.82) is 0 Å². The minimum atomic E-state index is -0.521. The quantitative estimate of drug-likeness (QED) is 0.213. The molecule has 2 aromatic heterocycles. The summed E-state index contributed by atoms with van der Waals surface area (Å²) in [5.74, 6) is 0.466. The number of halogens is 2. The summed E-state index contributed by atoms with van der Waals surface area (Å²) >= 11 is 11.0. The first kappa shape index (κ1) is 25.1. The number of nitrogens with zero attached hydrogens (tertiary/aromatic N) is 3. The van der Waals surface area contributed by atoms with Crippen LogP contribution in [0, 0.1) is 10.5 Å². The zero-order valence-electron chi connectivity index (χ0n) is 19.0. The molecule has 186 valence electrons. The zero-order chi connectivity index (χ0) is 25.7. The SMILES string of the molecule is COc1cc2ncnc(Nc3ccc(F)c(Cl)c3)c2cc1OCCNC(=O)Cn1cccc(O)c1=S. The highest BCUT2D eigenvalue weighted by Crippen LogP contribution is 2.35. The smallest absolute Gasteiger partial charge is 0.240 e. The van der Waals surface area contributed by atoms with Gasteiger partial charge in [0.2, 0.25) is 5.91 Å². The molecule has 0 aliphatic heterocycles. The van der Waals surface area contributed by atoms with Crippen LogP contribution < -0.4 is 20.1 Å². The molecular formula is C24H21ClFN5O4S. The van der Waals surface area contributed by atoms with Crippen molar-refractivity contribution < 1.29 is 23.8 Å². The van der Waals surface area contributed by atoms with Gasteiger partial charge >= 0.3 is 0 Å². The second-order valence-corrected chi connectivity index (χ2v) is 8.32. The maximum atomic E-state index is 13.5. The standard InChI is InChI=1S/C24H21ClFN5O4S/c1-34-20-11-18-15(23(29-13-28-18)30-14-4-5-17(26)16(25)9-14)10-21(20)35-8-6-27-22(33)12-31-7-2-3-19(32)24(31)36/h2-5,7,9-11,13,32H,6,8,12H2,1H3,(H,27,33)(H,28,29,30). The van der Waals surface area contributed by atoms with Gasteiger partial charge in [-0.15, -0.1) is 0 Å². The largest absolute Gasteiger partial charge is 0.505 e. The van der Waals surface area contributed by atoms with Crippen molar-refractivity contribution in [2.45, 2.75) is 6.54 Å². The molecule has 9 nitrogen and oxygen atoms in total. The molecule has 0 unspecified atom stereocenters. The Balaban J connectivity index is 1.45. The van der Waals surface area contributed by atoms with Gasteiger partial charge in [-0.1, -0.05) is 23.8 Å². The van der Waals surface area contributed by atoms with Crippen molar-refractivity contribution in [2.24, 2.45) is 0 Å². The summed E-state index contributed by atoms with van der Waals surface area (Å²) in [5, 5.41) is 16.2. The minimum Gasteiger partial charge on any atom is -0.505 e. The van der Waals surface area contributed by atoms with Gasteiger partial charge in [0.1, 0.15) is 41.5 Å². The molecule has 0 aliphatic rings. The van der Waals surface area contributed by atoms with Crippen LogP contribution in [0.5, 0.6) is 17.2 Å². The third kappa shape index (κ3) is 5.81. The Morgan fingerprint density at radius 3 is 2.83 bits per heavy atom. The van der Waals surface area contributed by atoms with Crippen LogP contribution in [-0.2, 0) is 11.3 Å². The van der Waals surface area contributed by atoms with E-state index in [1.54, 1.807) is 30.5 Å². The molecule has 0 bridgehead atoms. The molecule has 0 aliphatic carbocycles. The summed E-state index contributed by atoms with van der Waals surface area (Å²) in [6.07, 6.45) is 3.01. The van der Waals surface area contributed by atoms with Crippen molar-refractivity contribution >= 4 is 52.1 Å². The van der Waals surface area contributed by atoms with Crippen molar-refractivity contribution in [3.05, 3.63) is 70.5 Å². The number of benzene rings is 2. The Morgan fingerprint density at radius 1 is 1.22 bits per heavy atom. The van der Waals surface area contributed by atoms with Gasteiger partial charge in [0.15, 0.2) is 11.5 Å². The van der Waals surface area contributed by atoms with Gasteiger partial charge in [0.05, 0.1) is 24.2 Å². The number of amides is 1. The second kappa shape index (κ2) is 11.2. The lowest BCUT2D eigenvalue weighted by Gasteiger charge is -2.14. The van der Waals surface area contributed by atoms with Gasteiger partial charge in [0, 0.05) is 23.3 Å². The molecule has 2 aromatic carbocycles. The zero-order valence-corrected chi connectivity index (χ0v) is 20.6. The highest BCUT2D eigenvalue weighted by molar-refractivity contribution is 7.71. The lowest BCUT2D eigenvalue weighted by atomic mass is 10.2. The van der Waals surface area contributed by atoms with Gasteiger partial charge in [-0.25, -0.2) is 14.4 Å². The maximum absolute atomic E-state index is 13.5. The Bertz CT molecular complexity index is 1480. The van der Waals surface area contributed by atoms with Crippen molar-refractivity contribution in [2.75, 3.05) is 25.6 Å². The summed E-state index contributed by atoms with van der Waals surface area (Å²) < 4.78 is 26.4. The van der Waals surface area contributed by atoms with Gasteiger partial charge in [-0.2, -0.15) is 0 Å². The molecule has 12 heteroatoms. The third-order valence-electron chi connectivity index (χ3n) is 5.10. The molecule has 2 heterocycles. The molecule has 0 atom stereocenters. The fraction of sp³-hybridized carbons (Fsp3) is 0.167. The Labute approximate surface area is 215 Å². The van der Waals surface area contributed by atoms with E-state index in [0.29, 0.717) is 33.9 Å². The van der Waals surface area contributed by atoms with Crippen LogP contribution in [0.3, 0.4) is 0 Å². The normalized spacial score (nSPS) is 10.8. The van der Waals surface area contributed by atoms with Crippen LogP contribution in [0.25, 0.3) is 10.9 Å². The van der Waals surface area contributed by atoms with E-state index >= 15 is 0 Å². The summed E-state index contributed by atoms with van der Waals surface area (Å²) in [6, 6.07) is 10.7. The Morgan fingerprint density at radius 2 is 2.06 bits per heavy atom. The Kier molecular flexibility index (Phi) is 7.81. The number of ether oxygens (including phenoxy) is 2. The number of carbonyl (C=O) groups excluding carboxylic acids is 1. The van der Waals surface area contributed by atoms with E-state index in [-0.39, 0.29) is 41.0 Å². The number of aromatic hydroxyl groups is 1. The molecule has 0 saturated heterocycles. The van der Waals surface area contributed by atoms with Crippen LogP contribution in [0.15, 0.2) is 55.0 Å². The number of anilines is 2. The lowest BCUT2D eigenvalue weighted by Crippen LogP contribution is -2.31. The van der Waals surface area contributed by atoms with E-state index in [4.69, 9.17) is 33.3 Å². The highest BCUT2D eigenvalue weighted by atomic mass is 35.5. The number of hydrogen-bond acceptors (Lipinski definition) is 8. The van der Waals surface area contributed by atoms with Crippen LogP contribution in [0.1, 0.15) is 0 Å². The number of nitrogens with one attached hydrogen (secondary N) is 2. The van der Waals surface area contributed by atoms with E-state index in [2.05, 4.69) is 20.6 Å². The highest BCUT2D eigenvalue weighted by Gasteiger charge is 2.13. The number of fused-ring (bicyclic) bond motifs is 1. The minimum absolute atomic E-state index is 0.0162. The number of methoxy groups -OCH3 is 1. The van der Waals surface area contributed by atoms with Crippen molar-refractivity contribution in [3.8, 4) is 17.2 Å². The van der Waals surface area contributed by atoms with Crippen molar-refractivity contribution in [3.63, 3.8) is 0 Å². The summed E-state index contributed by atoms with van der Waals surface area (Å²) in [4.78, 5) is 20.8. The van der Waals surface area contributed by atoms with Crippen LogP contribution >= 0.6 is 23.8 Å². The predicted octanol–water partition coefficient (Wildman–Crippen LogP) is 4.61. The Hall–Kier alpha value is -3.96.